The van der Waals surface area contributed by atoms with Gasteiger partial charge in [-0.2, -0.15) is 0 Å². The Hall–Kier alpha value is -1.71. The molecule has 4 heteroatoms. The van der Waals surface area contributed by atoms with E-state index in [4.69, 9.17) is 15.2 Å². The number of hydrogen-bond donors (Lipinski definition) is 1. The van der Waals surface area contributed by atoms with Gasteiger partial charge in [0, 0.05) is 12.0 Å². The Bertz CT molecular complexity index is 401. The van der Waals surface area contributed by atoms with Gasteiger partial charge in [0.15, 0.2) is 0 Å². The Balaban J connectivity index is 2.38. The van der Waals surface area contributed by atoms with Crippen LogP contribution in [0.3, 0.4) is 0 Å². The number of rotatable bonds is 2. The molecule has 1 heterocycles. The molecule has 0 bridgehead atoms. The van der Waals surface area contributed by atoms with Gasteiger partial charge in [-0.3, -0.25) is 0 Å². The number of carbonyl (C=O) groups is 1. The summed E-state index contributed by atoms with van der Waals surface area (Å²) in [6, 6.07) is 3.42. The molecule has 0 amide bonds. The van der Waals surface area contributed by atoms with Crippen LogP contribution in [-0.2, 0) is 11.2 Å². The summed E-state index contributed by atoms with van der Waals surface area (Å²) in [4.78, 5) is 11.5. The van der Waals surface area contributed by atoms with Crippen LogP contribution in [0.1, 0.15) is 22.8 Å². The van der Waals surface area contributed by atoms with Crippen LogP contribution in [0, 0.1) is 0 Å². The van der Waals surface area contributed by atoms with Gasteiger partial charge in [-0.1, -0.05) is 0 Å². The van der Waals surface area contributed by atoms with E-state index in [0.29, 0.717) is 24.5 Å². The van der Waals surface area contributed by atoms with Crippen LogP contribution in [0.4, 0.5) is 5.69 Å². The molecule has 1 aliphatic rings. The molecule has 2 rings (SSSR count). The first-order valence-corrected chi connectivity index (χ1v) is 4.95. The van der Waals surface area contributed by atoms with E-state index in [0.717, 1.165) is 17.7 Å². The molecule has 1 aliphatic heterocycles. The molecule has 0 radical (unpaired) electrons. The maximum atomic E-state index is 11.5. The zero-order valence-electron chi connectivity index (χ0n) is 8.58. The molecule has 0 aliphatic carbocycles. The van der Waals surface area contributed by atoms with Crippen LogP contribution in [0.25, 0.3) is 0 Å². The first kappa shape index (κ1) is 9.83. The molecule has 0 saturated heterocycles. The molecule has 4 nitrogen and oxygen atoms in total. The van der Waals surface area contributed by atoms with Gasteiger partial charge in [0.25, 0.3) is 0 Å². The van der Waals surface area contributed by atoms with Crippen LogP contribution in [0.15, 0.2) is 12.1 Å². The van der Waals surface area contributed by atoms with Gasteiger partial charge in [0.05, 0.1) is 24.5 Å². The largest absolute Gasteiger partial charge is 0.493 e. The third-order valence-electron chi connectivity index (χ3n) is 2.42. The minimum Gasteiger partial charge on any atom is -0.493 e. The fraction of sp³-hybridized carbons (Fsp3) is 0.364. The number of benzene rings is 1. The van der Waals surface area contributed by atoms with E-state index in [9.17, 15) is 4.79 Å². The minimum absolute atomic E-state index is 0.353. The molecular formula is C11H13NO3. The first-order chi connectivity index (χ1) is 7.24. The van der Waals surface area contributed by atoms with Crippen molar-refractivity contribution in [1.82, 2.24) is 0 Å². The summed E-state index contributed by atoms with van der Waals surface area (Å²) < 4.78 is 10.3. The van der Waals surface area contributed by atoms with E-state index in [1.165, 1.54) is 0 Å². The monoisotopic (exact) mass is 207 g/mol. The molecule has 15 heavy (non-hydrogen) atoms. The van der Waals surface area contributed by atoms with Crippen molar-refractivity contribution in [3.05, 3.63) is 23.3 Å². The molecule has 0 saturated carbocycles. The van der Waals surface area contributed by atoms with Gasteiger partial charge in [-0.25, -0.2) is 4.79 Å². The van der Waals surface area contributed by atoms with Crippen molar-refractivity contribution >= 4 is 11.7 Å². The Morgan fingerprint density at radius 1 is 1.60 bits per heavy atom. The highest BCUT2D eigenvalue weighted by Crippen LogP contribution is 2.32. The number of nitrogens with two attached hydrogens (primary N) is 1. The Morgan fingerprint density at radius 2 is 2.40 bits per heavy atom. The van der Waals surface area contributed by atoms with Gasteiger partial charge in [-0.15, -0.1) is 0 Å². The van der Waals surface area contributed by atoms with Gasteiger partial charge in [0.2, 0.25) is 0 Å². The highest BCUT2D eigenvalue weighted by atomic mass is 16.5. The summed E-state index contributed by atoms with van der Waals surface area (Å²) >= 11 is 0. The predicted molar refractivity (Wildman–Crippen MR) is 56.0 cm³/mol. The van der Waals surface area contributed by atoms with E-state index in [-0.39, 0.29) is 5.97 Å². The Labute approximate surface area is 88.0 Å². The van der Waals surface area contributed by atoms with Gasteiger partial charge in [0.1, 0.15) is 5.75 Å². The molecule has 0 atom stereocenters. The summed E-state index contributed by atoms with van der Waals surface area (Å²) in [5.41, 5.74) is 7.72. The van der Waals surface area contributed by atoms with Crippen molar-refractivity contribution < 1.29 is 14.3 Å². The Morgan fingerprint density at radius 3 is 3.13 bits per heavy atom. The summed E-state index contributed by atoms with van der Waals surface area (Å²) in [6.45, 7) is 2.75. The summed E-state index contributed by atoms with van der Waals surface area (Å²) in [6.07, 6.45) is 0.758. The lowest BCUT2D eigenvalue weighted by Gasteiger charge is -2.08. The van der Waals surface area contributed by atoms with Crippen molar-refractivity contribution in [2.75, 3.05) is 18.9 Å². The van der Waals surface area contributed by atoms with Crippen molar-refractivity contribution in [1.29, 1.82) is 0 Å². The van der Waals surface area contributed by atoms with Crippen molar-refractivity contribution in [3.8, 4) is 5.75 Å². The van der Waals surface area contributed by atoms with Crippen LogP contribution in [-0.4, -0.2) is 19.2 Å². The average Bonchev–Trinajstić information content (AvgIpc) is 2.67. The summed E-state index contributed by atoms with van der Waals surface area (Å²) in [5, 5.41) is 0. The maximum Gasteiger partial charge on any atom is 0.340 e. The smallest absolute Gasteiger partial charge is 0.340 e. The average molecular weight is 207 g/mol. The number of carbonyl (C=O) groups excluding carboxylic acids is 1. The first-order valence-electron chi connectivity index (χ1n) is 4.95. The normalized spacial score (nSPS) is 13.1. The zero-order chi connectivity index (χ0) is 10.8. The molecule has 1 aromatic rings. The second kappa shape index (κ2) is 3.81. The van der Waals surface area contributed by atoms with Crippen molar-refractivity contribution in [2.24, 2.45) is 0 Å². The lowest BCUT2D eigenvalue weighted by atomic mass is 10.1. The van der Waals surface area contributed by atoms with Crippen molar-refractivity contribution in [2.45, 2.75) is 13.3 Å². The van der Waals surface area contributed by atoms with Gasteiger partial charge in [-0.05, 0) is 19.1 Å². The summed E-state index contributed by atoms with van der Waals surface area (Å²) in [7, 11) is 0. The van der Waals surface area contributed by atoms with Crippen LogP contribution in [0.5, 0.6) is 5.75 Å². The molecule has 0 spiro atoms. The van der Waals surface area contributed by atoms with E-state index >= 15 is 0 Å². The van der Waals surface area contributed by atoms with Crippen LogP contribution < -0.4 is 10.5 Å². The lowest BCUT2D eigenvalue weighted by Crippen LogP contribution is -2.09. The number of ether oxygens (including phenoxy) is 2. The van der Waals surface area contributed by atoms with E-state index in [1.54, 1.807) is 19.1 Å². The highest BCUT2D eigenvalue weighted by molar-refractivity contribution is 5.96. The zero-order valence-corrected chi connectivity index (χ0v) is 8.58. The number of fused-ring (bicyclic) bond motifs is 1. The molecule has 0 aromatic heterocycles. The standard InChI is InChI=1S/C11H13NO3/c1-2-14-11(13)8-3-4-9-7(10(8)12)5-6-15-9/h3-4H,2,5-6,12H2,1H3. The molecule has 0 fully saturated rings. The molecule has 1 aromatic carbocycles. The fourth-order valence-electron chi connectivity index (χ4n) is 1.69. The predicted octanol–water partition coefficient (Wildman–Crippen LogP) is 1.38. The fourth-order valence-corrected chi connectivity index (χ4v) is 1.69. The maximum absolute atomic E-state index is 11.5. The van der Waals surface area contributed by atoms with Crippen molar-refractivity contribution in [3.63, 3.8) is 0 Å². The second-order valence-corrected chi connectivity index (χ2v) is 3.32. The number of nitrogen functional groups attached to an aromatic ring is 1. The number of hydrogen-bond acceptors (Lipinski definition) is 4. The van der Waals surface area contributed by atoms with Crippen LogP contribution in [0.2, 0.25) is 0 Å². The van der Waals surface area contributed by atoms with Crippen LogP contribution >= 0.6 is 0 Å². The van der Waals surface area contributed by atoms with Gasteiger partial charge < -0.3 is 15.2 Å². The number of anilines is 1. The summed E-state index contributed by atoms with van der Waals surface area (Å²) in [5.74, 6) is 0.408. The molecule has 2 N–H and O–H groups in total. The second-order valence-electron chi connectivity index (χ2n) is 3.32. The third-order valence-corrected chi connectivity index (χ3v) is 2.42. The Kier molecular flexibility index (Phi) is 2.49. The minimum atomic E-state index is -0.371. The van der Waals surface area contributed by atoms with E-state index in [2.05, 4.69) is 0 Å². The SMILES string of the molecule is CCOC(=O)c1ccc2c(c1N)CCO2. The van der Waals surface area contributed by atoms with E-state index in [1.807, 2.05) is 0 Å². The third kappa shape index (κ3) is 1.63. The van der Waals surface area contributed by atoms with E-state index < -0.39 is 0 Å². The highest BCUT2D eigenvalue weighted by Gasteiger charge is 2.20. The lowest BCUT2D eigenvalue weighted by molar-refractivity contribution is 0.0527. The molecule has 80 valence electrons. The molecular weight excluding hydrogens is 194 g/mol. The quantitative estimate of drug-likeness (QED) is 0.588. The van der Waals surface area contributed by atoms with Gasteiger partial charge >= 0.3 is 5.97 Å². The molecule has 0 unspecified atom stereocenters. The topological polar surface area (TPSA) is 61.5 Å². The number of esters is 1.